The van der Waals surface area contributed by atoms with E-state index in [0.717, 1.165) is 11.3 Å². The molecule has 2 aromatic rings. The van der Waals surface area contributed by atoms with Crippen molar-refractivity contribution < 1.29 is 9.90 Å². The van der Waals surface area contributed by atoms with Crippen LogP contribution in [0, 0.1) is 0 Å². The molecule has 0 unspecified atom stereocenters. The highest BCUT2D eigenvalue weighted by Crippen LogP contribution is 2.15. The van der Waals surface area contributed by atoms with Crippen LogP contribution in [0.4, 0.5) is 0 Å². The van der Waals surface area contributed by atoms with Gasteiger partial charge in [0.05, 0.1) is 11.3 Å². The number of benzene rings is 1. The van der Waals surface area contributed by atoms with E-state index in [1.54, 1.807) is 12.1 Å². The van der Waals surface area contributed by atoms with Gasteiger partial charge in [0.1, 0.15) is 0 Å². The first-order valence-electron chi connectivity index (χ1n) is 4.52. The quantitative estimate of drug-likeness (QED) is 0.871. The highest BCUT2D eigenvalue weighted by molar-refractivity contribution is 5.87. The van der Waals surface area contributed by atoms with Gasteiger partial charge in [-0.1, -0.05) is 30.3 Å². The lowest BCUT2D eigenvalue weighted by atomic mass is 10.1. The van der Waals surface area contributed by atoms with Crippen molar-refractivity contribution in [3.63, 3.8) is 0 Å². The Morgan fingerprint density at radius 3 is 2.25 bits per heavy atom. The smallest absolute Gasteiger partial charge is 0.337 e. The number of aromatic carboxylic acids is 1. The van der Waals surface area contributed by atoms with Crippen molar-refractivity contribution in [3.05, 3.63) is 54.2 Å². The summed E-state index contributed by atoms with van der Waals surface area (Å²) in [6.07, 6.45) is 1.37. The minimum atomic E-state index is -0.956. The predicted molar refractivity (Wildman–Crippen MR) is 63.9 cm³/mol. The fraction of sp³-hybridized carbons (Fsp3) is 0. The summed E-state index contributed by atoms with van der Waals surface area (Å²) >= 11 is 0. The Kier molecular flexibility index (Phi) is 4.03. The zero-order valence-electron chi connectivity index (χ0n) is 8.33. The summed E-state index contributed by atoms with van der Waals surface area (Å²) in [6, 6.07) is 12.9. The van der Waals surface area contributed by atoms with Crippen LogP contribution < -0.4 is 0 Å². The van der Waals surface area contributed by atoms with Gasteiger partial charge in [0, 0.05) is 11.8 Å². The standard InChI is InChI=1S/C12H9NO2.ClH/c14-12(15)10-6-7-11(13-8-10)9-4-2-1-3-5-9;/h1-8H,(H,14,15);1H. The summed E-state index contributed by atoms with van der Waals surface area (Å²) in [5.74, 6) is -0.956. The van der Waals surface area contributed by atoms with Crippen LogP contribution in [0.5, 0.6) is 0 Å². The fourth-order valence-electron chi connectivity index (χ4n) is 1.30. The van der Waals surface area contributed by atoms with Crippen molar-refractivity contribution in [2.24, 2.45) is 0 Å². The minimum absolute atomic E-state index is 0. The number of pyridine rings is 1. The maximum atomic E-state index is 10.6. The second kappa shape index (κ2) is 5.28. The number of carbonyl (C=O) groups is 1. The Bertz CT molecular complexity index is 468. The number of carboxylic acid groups (broad SMARTS) is 1. The summed E-state index contributed by atoms with van der Waals surface area (Å²) in [5, 5.41) is 8.71. The van der Waals surface area contributed by atoms with Crippen LogP contribution in [0.1, 0.15) is 10.4 Å². The minimum Gasteiger partial charge on any atom is -0.478 e. The topological polar surface area (TPSA) is 50.2 Å². The third kappa shape index (κ3) is 2.58. The van der Waals surface area contributed by atoms with Crippen LogP contribution in [-0.4, -0.2) is 16.1 Å². The normalized spacial score (nSPS) is 9.25. The molecule has 0 fully saturated rings. The van der Waals surface area contributed by atoms with Gasteiger partial charge in [-0.15, -0.1) is 12.4 Å². The van der Waals surface area contributed by atoms with Crippen molar-refractivity contribution in [2.75, 3.05) is 0 Å². The highest BCUT2D eigenvalue weighted by atomic mass is 35.5. The second-order valence-electron chi connectivity index (χ2n) is 3.10. The Balaban J connectivity index is 0.00000128. The van der Waals surface area contributed by atoms with Gasteiger partial charge in [0.25, 0.3) is 0 Å². The van der Waals surface area contributed by atoms with E-state index in [1.165, 1.54) is 6.20 Å². The van der Waals surface area contributed by atoms with Crippen molar-refractivity contribution in [3.8, 4) is 11.3 Å². The van der Waals surface area contributed by atoms with E-state index in [1.807, 2.05) is 30.3 Å². The summed E-state index contributed by atoms with van der Waals surface area (Å²) in [5.41, 5.74) is 1.96. The lowest BCUT2D eigenvalue weighted by Gasteiger charge is -2.00. The van der Waals surface area contributed by atoms with Gasteiger partial charge in [-0.05, 0) is 12.1 Å². The molecule has 0 aliphatic heterocycles. The van der Waals surface area contributed by atoms with Gasteiger partial charge in [-0.3, -0.25) is 4.98 Å². The van der Waals surface area contributed by atoms with Crippen molar-refractivity contribution in [2.45, 2.75) is 0 Å². The molecule has 0 aliphatic carbocycles. The Morgan fingerprint density at radius 2 is 1.75 bits per heavy atom. The van der Waals surface area contributed by atoms with E-state index < -0.39 is 5.97 Å². The predicted octanol–water partition coefficient (Wildman–Crippen LogP) is 2.87. The Hall–Kier alpha value is -1.87. The van der Waals surface area contributed by atoms with Crippen LogP contribution in [0.2, 0.25) is 0 Å². The number of hydrogen-bond donors (Lipinski definition) is 1. The molecule has 0 spiro atoms. The molecule has 1 heterocycles. The molecule has 1 N–H and O–H groups in total. The molecular weight excluding hydrogens is 226 g/mol. The monoisotopic (exact) mass is 235 g/mol. The maximum absolute atomic E-state index is 10.6. The van der Waals surface area contributed by atoms with Crippen molar-refractivity contribution >= 4 is 18.4 Å². The number of carboxylic acids is 1. The van der Waals surface area contributed by atoms with Crippen LogP contribution in [0.15, 0.2) is 48.7 Å². The molecule has 16 heavy (non-hydrogen) atoms. The van der Waals surface area contributed by atoms with E-state index in [9.17, 15) is 4.79 Å². The van der Waals surface area contributed by atoms with Gasteiger partial charge in [0.15, 0.2) is 0 Å². The molecule has 0 radical (unpaired) electrons. The molecule has 0 bridgehead atoms. The van der Waals surface area contributed by atoms with Crippen molar-refractivity contribution in [1.29, 1.82) is 0 Å². The largest absolute Gasteiger partial charge is 0.478 e. The molecule has 2 rings (SSSR count). The molecule has 4 heteroatoms. The SMILES string of the molecule is Cl.O=C(O)c1ccc(-c2ccccc2)nc1. The third-order valence-corrected chi connectivity index (χ3v) is 2.08. The number of hydrogen-bond acceptors (Lipinski definition) is 2. The van der Waals surface area contributed by atoms with Gasteiger partial charge in [-0.25, -0.2) is 4.79 Å². The zero-order chi connectivity index (χ0) is 10.7. The van der Waals surface area contributed by atoms with Gasteiger partial charge < -0.3 is 5.11 Å². The first kappa shape index (κ1) is 12.2. The Labute approximate surface area is 99.2 Å². The maximum Gasteiger partial charge on any atom is 0.337 e. The molecular formula is C12H10ClNO2. The lowest BCUT2D eigenvalue weighted by Crippen LogP contribution is -1.96. The van der Waals surface area contributed by atoms with E-state index >= 15 is 0 Å². The number of aromatic nitrogens is 1. The van der Waals surface area contributed by atoms with E-state index in [-0.39, 0.29) is 18.0 Å². The summed E-state index contributed by atoms with van der Waals surface area (Å²) < 4.78 is 0. The Morgan fingerprint density at radius 1 is 1.06 bits per heavy atom. The first-order chi connectivity index (χ1) is 7.27. The second-order valence-corrected chi connectivity index (χ2v) is 3.10. The van der Waals surface area contributed by atoms with Gasteiger partial charge in [-0.2, -0.15) is 0 Å². The molecule has 0 aliphatic rings. The third-order valence-electron chi connectivity index (χ3n) is 2.08. The summed E-state index contributed by atoms with van der Waals surface area (Å²) in [6.45, 7) is 0. The van der Waals surface area contributed by atoms with Crippen LogP contribution in [0.3, 0.4) is 0 Å². The number of nitrogens with zero attached hydrogens (tertiary/aromatic N) is 1. The summed E-state index contributed by atoms with van der Waals surface area (Å²) in [4.78, 5) is 14.7. The summed E-state index contributed by atoms with van der Waals surface area (Å²) in [7, 11) is 0. The van der Waals surface area contributed by atoms with Crippen LogP contribution >= 0.6 is 12.4 Å². The first-order valence-corrected chi connectivity index (χ1v) is 4.52. The molecule has 0 atom stereocenters. The molecule has 0 saturated carbocycles. The fourth-order valence-corrected chi connectivity index (χ4v) is 1.30. The molecule has 1 aromatic carbocycles. The molecule has 3 nitrogen and oxygen atoms in total. The van der Waals surface area contributed by atoms with E-state index in [2.05, 4.69) is 4.98 Å². The zero-order valence-corrected chi connectivity index (χ0v) is 9.15. The number of halogens is 1. The van der Waals surface area contributed by atoms with Gasteiger partial charge >= 0.3 is 5.97 Å². The molecule has 0 amide bonds. The molecule has 0 saturated heterocycles. The average Bonchev–Trinajstić information content (AvgIpc) is 2.30. The highest BCUT2D eigenvalue weighted by Gasteiger charge is 2.03. The number of rotatable bonds is 2. The van der Waals surface area contributed by atoms with Crippen molar-refractivity contribution in [1.82, 2.24) is 4.98 Å². The van der Waals surface area contributed by atoms with Crippen LogP contribution in [-0.2, 0) is 0 Å². The van der Waals surface area contributed by atoms with Crippen LogP contribution in [0.25, 0.3) is 11.3 Å². The lowest BCUT2D eigenvalue weighted by molar-refractivity contribution is 0.0696. The van der Waals surface area contributed by atoms with Gasteiger partial charge in [0.2, 0.25) is 0 Å². The molecule has 82 valence electrons. The molecule has 1 aromatic heterocycles. The average molecular weight is 236 g/mol. The van der Waals surface area contributed by atoms with E-state index in [4.69, 9.17) is 5.11 Å². The van der Waals surface area contributed by atoms with E-state index in [0.29, 0.717) is 0 Å².